The van der Waals surface area contributed by atoms with Gasteiger partial charge in [0.15, 0.2) is 0 Å². The third kappa shape index (κ3) is 2.63. The Hall–Kier alpha value is -0.740. The van der Waals surface area contributed by atoms with E-state index in [0.29, 0.717) is 6.04 Å². The van der Waals surface area contributed by atoms with Gasteiger partial charge in [-0.1, -0.05) is 0 Å². The Morgan fingerprint density at radius 1 is 1.60 bits per heavy atom. The van der Waals surface area contributed by atoms with Crippen molar-refractivity contribution in [2.75, 3.05) is 24.7 Å². The highest BCUT2D eigenvalue weighted by molar-refractivity contribution is 7.99. The van der Waals surface area contributed by atoms with Gasteiger partial charge in [-0.05, 0) is 38.2 Å². The Kier molecular flexibility index (Phi) is 3.49. The second-order valence-corrected chi connectivity index (χ2v) is 4.75. The molecule has 1 aromatic rings. The van der Waals surface area contributed by atoms with E-state index < -0.39 is 0 Å². The summed E-state index contributed by atoms with van der Waals surface area (Å²) in [4.78, 5) is 1.02. The molecule has 1 heterocycles. The standard InChI is InChI=1S/C11H15FN2S/c1-13-5-4-9-7-15-11-6-8(12)2-3-10(11)14-9/h2-3,6,9,13-14H,4-5,7H2,1H3. The first-order valence-electron chi connectivity index (χ1n) is 5.13. The molecule has 0 saturated carbocycles. The number of hydrogen-bond donors (Lipinski definition) is 2. The summed E-state index contributed by atoms with van der Waals surface area (Å²) in [6, 6.07) is 5.41. The Balaban J connectivity index is 2.03. The smallest absolute Gasteiger partial charge is 0.124 e. The average Bonchev–Trinajstić information content (AvgIpc) is 2.26. The van der Waals surface area contributed by atoms with Gasteiger partial charge in [-0.2, -0.15) is 0 Å². The van der Waals surface area contributed by atoms with Gasteiger partial charge < -0.3 is 10.6 Å². The minimum absolute atomic E-state index is 0.156. The van der Waals surface area contributed by atoms with Crippen molar-refractivity contribution in [2.24, 2.45) is 0 Å². The lowest BCUT2D eigenvalue weighted by molar-refractivity contribution is 0.621. The van der Waals surface area contributed by atoms with Crippen molar-refractivity contribution in [3.8, 4) is 0 Å². The van der Waals surface area contributed by atoms with Crippen LogP contribution >= 0.6 is 11.8 Å². The van der Waals surface area contributed by atoms with E-state index in [2.05, 4.69) is 10.6 Å². The van der Waals surface area contributed by atoms with Crippen LogP contribution in [0.2, 0.25) is 0 Å². The van der Waals surface area contributed by atoms with E-state index in [1.807, 2.05) is 13.1 Å². The van der Waals surface area contributed by atoms with Crippen LogP contribution in [0.25, 0.3) is 0 Å². The summed E-state index contributed by atoms with van der Waals surface area (Å²) in [6.07, 6.45) is 1.10. The molecule has 0 aromatic heterocycles. The molecule has 0 radical (unpaired) electrons. The van der Waals surface area contributed by atoms with Crippen LogP contribution in [0, 0.1) is 5.82 Å². The van der Waals surface area contributed by atoms with Gasteiger partial charge in [0, 0.05) is 22.4 Å². The summed E-state index contributed by atoms with van der Waals surface area (Å²) in [7, 11) is 1.96. The Morgan fingerprint density at radius 3 is 3.27 bits per heavy atom. The molecule has 15 heavy (non-hydrogen) atoms. The molecule has 1 aromatic carbocycles. The van der Waals surface area contributed by atoms with Crippen LogP contribution in [0.15, 0.2) is 23.1 Å². The molecule has 0 saturated heterocycles. The van der Waals surface area contributed by atoms with Crippen molar-refractivity contribution in [3.63, 3.8) is 0 Å². The molecular weight excluding hydrogens is 211 g/mol. The molecule has 1 aliphatic rings. The number of hydrogen-bond acceptors (Lipinski definition) is 3. The molecule has 2 N–H and O–H groups in total. The third-order valence-electron chi connectivity index (χ3n) is 2.49. The van der Waals surface area contributed by atoms with Crippen LogP contribution in [0.4, 0.5) is 10.1 Å². The van der Waals surface area contributed by atoms with E-state index >= 15 is 0 Å². The van der Waals surface area contributed by atoms with Crippen LogP contribution in [-0.4, -0.2) is 25.4 Å². The minimum atomic E-state index is -0.156. The highest BCUT2D eigenvalue weighted by Gasteiger charge is 2.17. The number of rotatable bonds is 3. The van der Waals surface area contributed by atoms with Crippen LogP contribution < -0.4 is 10.6 Å². The summed E-state index contributed by atoms with van der Waals surface area (Å²) in [5, 5.41) is 6.57. The summed E-state index contributed by atoms with van der Waals surface area (Å²) >= 11 is 1.73. The number of halogens is 1. The largest absolute Gasteiger partial charge is 0.381 e. The highest BCUT2D eigenvalue weighted by atomic mass is 32.2. The van der Waals surface area contributed by atoms with E-state index in [1.54, 1.807) is 17.8 Å². The number of anilines is 1. The molecule has 1 unspecified atom stereocenters. The molecule has 1 aliphatic heterocycles. The summed E-state index contributed by atoms with van der Waals surface area (Å²) < 4.78 is 12.9. The zero-order chi connectivity index (χ0) is 10.7. The van der Waals surface area contributed by atoms with Gasteiger partial charge >= 0.3 is 0 Å². The van der Waals surface area contributed by atoms with Crippen molar-refractivity contribution < 1.29 is 4.39 Å². The minimum Gasteiger partial charge on any atom is -0.381 e. The lowest BCUT2D eigenvalue weighted by Crippen LogP contribution is -2.29. The molecule has 4 heteroatoms. The molecule has 0 aliphatic carbocycles. The Labute approximate surface area is 93.6 Å². The quantitative estimate of drug-likeness (QED) is 0.827. The van der Waals surface area contributed by atoms with Crippen LogP contribution in [-0.2, 0) is 0 Å². The fourth-order valence-corrected chi connectivity index (χ4v) is 2.77. The zero-order valence-electron chi connectivity index (χ0n) is 8.72. The van der Waals surface area contributed by atoms with Crippen molar-refractivity contribution in [1.82, 2.24) is 5.32 Å². The predicted octanol–water partition coefficient (Wildman–Crippen LogP) is 2.32. The van der Waals surface area contributed by atoms with Crippen molar-refractivity contribution >= 4 is 17.4 Å². The maximum Gasteiger partial charge on any atom is 0.124 e. The van der Waals surface area contributed by atoms with Crippen LogP contribution in [0.1, 0.15) is 6.42 Å². The summed E-state index contributed by atoms with van der Waals surface area (Å²) in [5.74, 6) is 0.856. The third-order valence-corrected chi connectivity index (χ3v) is 3.70. The monoisotopic (exact) mass is 226 g/mol. The number of fused-ring (bicyclic) bond motifs is 1. The normalized spacial score (nSPS) is 19.5. The Bertz CT molecular complexity index is 343. The van der Waals surface area contributed by atoms with Crippen LogP contribution in [0.3, 0.4) is 0 Å². The summed E-state index contributed by atoms with van der Waals surface area (Å²) in [6.45, 7) is 1.01. The molecule has 2 rings (SSSR count). The molecule has 0 spiro atoms. The lowest BCUT2D eigenvalue weighted by Gasteiger charge is -2.26. The average molecular weight is 226 g/mol. The van der Waals surface area contributed by atoms with Gasteiger partial charge in [-0.3, -0.25) is 0 Å². The van der Waals surface area contributed by atoms with Crippen LogP contribution in [0.5, 0.6) is 0 Å². The number of nitrogens with one attached hydrogen (secondary N) is 2. The molecule has 82 valence electrons. The topological polar surface area (TPSA) is 24.1 Å². The molecule has 2 nitrogen and oxygen atoms in total. The SMILES string of the molecule is CNCCC1CSc2cc(F)ccc2N1. The molecule has 0 fully saturated rings. The van der Waals surface area contributed by atoms with Crippen molar-refractivity contribution in [2.45, 2.75) is 17.4 Å². The van der Waals surface area contributed by atoms with E-state index in [0.717, 1.165) is 29.3 Å². The van der Waals surface area contributed by atoms with E-state index in [1.165, 1.54) is 6.07 Å². The maximum absolute atomic E-state index is 12.9. The van der Waals surface area contributed by atoms with Gasteiger partial charge in [0.2, 0.25) is 0 Å². The maximum atomic E-state index is 12.9. The van der Waals surface area contributed by atoms with Gasteiger partial charge in [0.1, 0.15) is 5.82 Å². The molecular formula is C11H15FN2S. The fourth-order valence-electron chi connectivity index (χ4n) is 1.66. The molecule has 0 amide bonds. The zero-order valence-corrected chi connectivity index (χ0v) is 9.53. The first-order valence-corrected chi connectivity index (χ1v) is 6.11. The van der Waals surface area contributed by atoms with Gasteiger partial charge in [0.05, 0.1) is 0 Å². The number of thioether (sulfide) groups is 1. The Morgan fingerprint density at radius 2 is 2.47 bits per heavy atom. The first-order chi connectivity index (χ1) is 7.29. The van der Waals surface area contributed by atoms with Gasteiger partial charge in [-0.25, -0.2) is 4.39 Å². The van der Waals surface area contributed by atoms with Gasteiger partial charge in [0.25, 0.3) is 0 Å². The number of benzene rings is 1. The van der Waals surface area contributed by atoms with Crippen molar-refractivity contribution in [3.05, 3.63) is 24.0 Å². The van der Waals surface area contributed by atoms with E-state index in [4.69, 9.17) is 0 Å². The first kappa shape index (κ1) is 10.8. The van der Waals surface area contributed by atoms with Crippen molar-refractivity contribution in [1.29, 1.82) is 0 Å². The molecule has 0 bridgehead atoms. The predicted molar refractivity (Wildman–Crippen MR) is 63.1 cm³/mol. The van der Waals surface area contributed by atoms with E-state index in [-0.39, 0.29) is 5.82 Å². The van der Waals surface area contributed by atoms with Gasteiger partial charge in [-0.15, -0.1) is 11.8 Å². The van der Waals surface area contributed by atoms with E-state index in [9.17, 15) is 4.39 Å². The second kappa shape index (κ2) is 4.86. The highest BCUT2D eigenvalue weighted by Crippen LogP contribution is 2.34. The fraction of sp³-hybridized carbons (Fsp3) is 0.455. The lowest BCUT2D eigenvalue weighted by atomic mass is 10.2. The second-order valence-electron chi connectivity index (χ2n) is 3.68. The molecule has 1 atom stereocenters. The summed E-state index contributed by atoms with van der Waals surface area (Å²) in [5.41, 5.74) is 1.06.